The topological polar surface area (TPSA) is 17.8 Å². The van der Waals surface area contributed by atoms with Crippen LogP contribution in [0.3, 0.4) is 0 Å². The molecule has 102 valence electrons. The van der Waals surface area contributed by atoms with E-state index in [1.54, 1.807) is 12.1 Å². The molecule has 1 unspecified atom stereocenters. The fourth-order valence-electron chi connectivity index (χ4n) is 2.41. The molecule has 2 aromatic rings. The van der Waals surface area contributed by atoms with E-state index in [0.717, 1.165) is 28.1 Å². The van der Waals surface area contributed by atoms with Crippen molar-refractivity contribution in [2.75, 3.05) is 0 Å². The number of halogens is 2. The van der Waals surface area contributed by atoms with E-state index >= 15 is 0 Å². The number of benzene rings is 1. The van der Waals surface area contributed by atoms with Crippen LogP contribution >= 0.6 is 11.6 Å². The average Bonchev–Trinajstić information content (AvgIpc) is 2.59. The molecule has 0 aliphatic rings. The Bertz CT molecular complexity index is 602. The van der Waals surface area contributed by atoms with Crippen LogP contribution in [-0.2, 0) is 6.54 Å². The van der Waals surface area contributed by atoms with E-state index in [1.807, 2.05) is 32.4 Å². The zero-order valence-electron chi connectivity index (χ0n) is 11.7. The third kappa shape index (κ3) is 2.81. The van der Waals surface area contributed by atoms with Crippen LogP contribution in [0, 0.1) is 26.6 Å². The smallest absolute Gasteiger partial charge is 0.123 e. The molecule has 1 heterocycles. The van der Waals surface area contributed by atoms with Crippen LogP contribution in [-0.4, -0.2) is 9.78 Å². The van der Waals surface area contributed by atoms with Crippen molar-refractivity contribution in [1.82, 2.24) is 9.78 Å². The molecule has 0 bridgehead atoms. The fraction of sp³-hybridized carbons (Fsp3) is 0.400. The first-order valence-corrected chi connectivity index (χ1v) is 6.76. The lowest BCUT2D eigenvalue weighted by Crippen LogP contribution is -2.06. The highest BCUT2D eigenvalue weighted by molar-refractivity contribution is 6.20. The van der Waals surface area contributed by atoms with Gasteiger partial charge in [0.15, 0.2) is 0 Å². The summed E-state index contributed by atoms with van der Waals surface area (Å²) in [6.45, 7) is 8.45. The average molecular weight is 281 g/mol. The molecule has 0 spiro atoms. The van der Waals surface area contributed by atoms with Gasteiger partial charge in [-0.3, -0.25) is 4.68 Å². The van der Waals surface area contributed by atoms with Crippen molar-refractivity contribution in [3.8, 4) is 0 Å². The monoisotopic (exact) mass is 280 g/mol. The number of aromatic nitrogens is 2. The van der Waals surface area contributed by atoms with Crippen LogP contribution in [0.2, 0.25) is 0 Å². The standard InChI is InChI=1S/C15H18ClFN2/c1-9-5-6-14(17)7-13(9)8-19-12(4)15(10(2)16)11(3)18-19/h5-7,10H,8H2,1-4H3. The Morgan fingerprint density at radius 2 is 2.00 bits per heavy atom. The second kappa shape index (κ2) is 5.33. The predicted octanol–water partition coefficient (Wildman–Crippen LogP) is 4.30. The van der Waals surface area contributed by atoms with Crippen molar-refractivity contribution in [3.05, 3.63) is 52.1 Å². The largest absolute Gasteiger partial charge is 0.265 e. The molecule has 1 aromatic heterocycles. The first kappa shape index (κ1) is 14.1. The molecule has 0 aliphatic heterocycles. The predicted molar refractivity (Wildman–Crippen MR) is 76.2 cm³/mol. The summed E-state index contributed by atoms with van der Waals surface area (Å²) in [4.78, 5) is 0. The highest BCUT2D eigenvalue weighted by atomic mass is 35.5. The third-order valence-corrected chi connectivity index (χ3v) is 3.68. The quantitative estimate of drug-likeness (QED) is 0.767. The van der Waals surface area contributed by atoms with Gasteiger partial charge in [-0.15, -0.1) is 11.6 Å². The molecule has 2 nitrogen and oxygen atoms in total. The van der Waals surface area contributed by atoms with Crippen LogP contribution < -0.4 is 0 Å². The number of hydrogen-bond donors (Lipinski definition) is 0. The Morgan fingerprint density at radius 3 is 2.58 bits per heavy atom. The van der Waals surface area contributed by atoms with Gasteiger partial charge in [-0.05, 0) is 51.0 Å². The van der Waals surface area contributed by atoms with E-state index in [4.69, 9.17) is 11.6 Å². The molecule has 0 saturated heterocycles. The van der Waals surface area contributed by atoms with Crippen LogP contribution in [0.4, 0.5) is 4.39 Å². The Balaban J connectivity index is 2.39. The van der Waals surface area contributed by atoms with Crippen molar-refractivity contribution in [1.29, 1.82) is 0 Å². The summed E-state index contributed by atoms with van der Waals surface area (Å²) in [7, 11) is 0. The minimum absolute atomic E-state index is 0.0673. The van der Waals surface area contributed by atoms with E-state index in [2.05, 4.69) is 5.10 Å². The SMILES string of the molecule is Cc1ccc(F)cc1Cn1nc(C)c(C(C)Cl)c1C. The zero-order valence-corrected chi connectivity index (χ0v) is 12.4. The Morgan fingerprint density at radius 1 is 1.32 bits per heavy atom. The lowest BCUT2D eigenvalue weighted by atomic mass is 10.1. The second-order valence-corrected chi connectivity index (χ2v) is 5.58. The van der Waals surface area contributed by atoms with Gasteiger partial charge in [0, 0.05) is 11.3 Å². The molecule has 1 aromatic carbocycles. The maximum Gasteiger partial charge on any atom is 0.123 e. The van der Waals surface area contributed by atoms with Crippen LogP contribution in [0.5, 0.6) is 0 Å². The summed E-state index contributed by atoms with van der Waals surface area (Å²) < 4.78 is 15.2. The number of alkyl halides is 1. The van der Waals surface area contributed by atoms with Gasteiger partial charge in [0.2, 0.25) is 0 Å². The summed E-state index contributed by atoms with van der Waals surface area (Å²) >= 11 is 6.17. The first-order valence-electron chi connectivity index (χ1n) is 6.33. The molecule has 4 heteroatoms. The molecule has 0 aliphatic carbocycles. The minimum atomic E-state index is -0.215. The normalized spacial score (nSPS) is 12.7. The summed E-state index contributed by atoms with van der Waals surface area (Å²) in [5, 5.41) is 4.44. The van der Waals surface area contributed by atoms with Gasteiger partial charge in [0.05, 0.1) is 17.6 Å². The van der Waals surface area contributed by atoms with Crippen molar-refractivity contribution in [2.24, 2.45) is 0 Å². The van der Waals surface area contributed by atoms with Gasteiger partial charge < -0.3 is 0 Å². The van der Waals surface area contributed by atoms with Gasteiger partial charge in [0.25, 0.3) is 0 Å². The van der Waals surface area contributed by atoms with E-state index in [-0.39, 0.29) is 11.2 Å². The second-order valence-electron chi connectivity index (χ2n) is 4.93. The van der Waals surface area contributed by atoms with Crippen molar-refractivity contribution < 1.29 is 4.39 Å². The molecule has 1 atom stereocenters. The summed E-state index contributed by atoms with van der Waals surface area (Å²) in [5.41, 5.74) is 5.06. The van der Waals surface area contributed by atoms with Crippen molar-refractivity contribution >= 4 is 11.6 Å². The lowest BCUT2D eigenvalue weighted by molar-refractivity contribution is 0.614. The fourth-order valence-corrected chi connectivity index (χ4v) is 2.73. The molecule has 19 heavy (non-hydrogen) atoms. The highest BCUT2D eigenvalue weighted by Gasteiger charge is 2.16. The van der Waals surface area contributed by atoms with Gasteiger partial charge in [-0.2, -0.15) is 5.10 Å². The van der Waals surface area contributed by atoms with Crippen LogP contribution in [0.1, 0.15) is 40.4 Å². The number of hydrogen-bond acceptors (Lipinski definition) is 1. The first-order chi connectivity index (χ1) is 8.90. The molecular formula is C15H18ClFN2. The molecule has 2 rings (SSSR count). The number of aryl methyl sites for hydroxylation is 2. The van der Waals surface area contributed by atoms with Crippen LogP contribution in [0.15, 0.2) is 18.2 Å². The third-order valence-electron chi connectivity index (χ3n) is 3.47. The molecular weight excluding hydrogens is 263 g/mol. The van der Waals surface area contributed by atoms with Gasteiger partial charge in [-0.1, -0.05) is 6.07 Å². The molecule has 0 N–H and O–H groups in total. The minimum Gasteiger partial charge on any atom is -0.265 e. The van der Waals surface area contributed by atoms with Gasteiger partial charge in [-0.25, -0.2) is 4.39 Å². The van der Waals surface area contributed by atoms with E-state index < -0.39 is 0 Å². The van der Waals surface area contributed by atoms with E-state index in [9.17, 15) is 4.39 Å². The molecule has 0 saturated carbocycles. The Labute approximate surface area is 118 Å². The number of nitrogens with zero attached hydrogens (tertiary/aromatic N) is 2. The zero-order chi connectivity index (χ0) is 14.2. The summed E-state index contributed by atoms with van der Waals surface area (Å²) in [6.07, 6.45) is 0. The number of rotatable bonds is 3. The Hall–Kier alpha value is -1.35. The van der Waals surface area contributed by atoms with Crippen molar-refractivity contribution in [2.45, 2.75) is 39.6 Å². The lowest BCUT2D eigenvalue weighted by Gasteiger charge is -2.09. The van der Waals surface area contributed by atoms with Crippen LogP contribution in [0.25, 0.3) is 0 Å². The highest BCUT2D eigenvalue weighted by Crippen LogP contribution is 2.26. The molecule has 0 fully saturated rings. The molecule has 0 amide bonds. The summed E-state index contributed by atoms with van der Waals surface area (Å²) in [5.74, 6) is -0.215. The van der Waals surface area contributed by atoms with Crippen molar-refractivity contribution in [3.63, 3.8) is 0 Å². The summed E-state index contributed by atoms with van der Waals surface area (Å²) in [6, 6.07) is 4.84. The van der Waals surface area contributed by atoms with E-state index in [0.29, 0.717) is 6.54 Å². The molecule has 0 radical (unpaired) electrons. The maximum absolute atomic E-state index is 13.3. The van der Waals surface area contributed by atoms with Gasteiger partial charge >= 0.3 is 0 Å². The maximum atomic E-state index is 13.3. The van der Waals surface area contributed by atoms with Gasteiger partial charge in [0.1, 0.15) is 5.82 Å². The Kier molecular flexibility index (Phi) is 3.95. The van der Waals surface area contributed by atoms with E-state index in [1.165, 1.54) is 6.07 Å².